The van der Waals surface area contributed by atoms with E-state index < -0.39 is 0 Å². The summed E-state index contributed by atoms with van der Waals surface area (Å²) in [5, 5.41) is 10.0. The molecule has 0 aromatic heterocycles. The Morgan fingerprint density at radius 3 is 2.76 bits per heavy atom. The molecule has 1 fully saturated rings. The Kier molecular flexibility index (Phi) is 6.62. The van der Waals surface area contributed by atoms with Crippen LogP contribution in [0.15, 0.2) is 42.5 Å². The third-order valence-electron chi connectivity index (χ3n) is 4.83. The first-order valence-corrected chi connectivity index (χ1v) is 9.58. The summed E-state index contributed by atoms with van der Waals surface area (Å²) in [7, 11) is 0. The molecule has 2 aromatic rings. The summed E-state index contributed by atoms with van der Waals surface area (Å²) >= 11 is 5.47. The Morgan fingerprint density at radius 2 is 1.92 bits per heavy atom. The molecule has 134 valence electrons. The van der Waals surface area contributed by atoms with Crippen LogP contribution in [0, 0.1) is 0 Å². The molecule has 25 heavy (non-hydrogen) atoms. The van der Waals surface area contributed by atoms with E-state index in [0.29, 0.717) is 0 Å². The second-order valence-electron chi connectivity index (χ2n) is 6.66. The Labute approximate surface area is 155 Å². The molecule has 0 radical (unpaired) electrons. The van der Waals surface area contributed by atoms with E-state index >= 15 is 0 Å². The first-order valence-electron chi connectivity index (χ1n) is 9.17. The third-order valence-corrected chi connectivity index (χ3v) is 5.09. The normalized spacial score (nSPS) is 16.5. The minimum absolute atomic E-state index is 0.177. The van der Waals surface area contributed by atoms with E-state index in [1.165, 1.54) is 22.9 Å². The van der Waals surface area contributed by atoms with Crippen molar-refractivity contribution in [1.29, 1.82) is 0 Å². The summed E-state index contributed by atoms with van der Waals surface area (Å²) in [6.07, 6.45) is 1.12. The average molecular weight is 359 g/mol. The van der Waals surface area contributed by atoms with Crippen LogP contribution < -0.4 is 15.5 Å². The zero-order chi connectivity index (χ0) is 17.5. The molecule has 3 rings (SSSR count). The molecule has 1 aliphatic rings. The van der Waals surface area contributed by atoms with Gasteiger partial charge in [-0.25, -0.2) is 0 Å². The number of fused-ring (bicyclic) bond motifs is 1. The molecule has 5 heteroatoms. The SMILES string of the molecule is C[C@H](NC(=S)NCCC[NH+]1CCOCC1)c1cccc2ccccc12. The van der Waals surface area contributed by atoms with E-state index in [-0.39, 0.29) is 6.04 Å². The first kappa shape index (κ1) is 18.1. The minimum Gasteiger partial charge on any atom is -0.370 e. The van der Waals surface area contributed by atoms with Gasteiger partial charge in [-0.3, -0.25) is 0 Å². The number of hydrogen-bond donors (Lipinski definition) is 3. The molecule has 0 spiro atoms. The predicted molar refractivity (Wildman–Crippen MR) is 107 cm³/mol. The lowest BCUT2D eigenvalue weighted by molar-refractivity contribution is -0.908. The van der Waals surface area contributed by atoms with Gasteiger partial charge in [-0.1, -0.05) is 42.5 Å². The van der Waals surface area contributed by atoms with Crippen LogP contribution in [0.1, 0.15) is 24.9 Å². The standard InChI is InChI=1S/C20H27N3OS/c1-16(18-9-4-7-17-6-2-3-8-19(17)18)22-20(25)21-10-5-11-23-12-14-24-15-13-23/h2-4,6-9,16H,5,10-15H2,1H3,(H2,21,22,25)/p+1/t16-/m0/s1. The molecule has 0 unspecified atom stereocenters. The van der Waals surface area contributed by atoms with Gasteiger partial charge in [0.25, 0.3) is 0 Å². The van der Waals surface area contributed by atoms with Gasteiger partial charge < -0.3 is 20.3 Å². The van der Waals surface area contributed by atoms with Crippen molar-refractivity contribution in [1.82, 2.24) is 10.6 Å². The summed E-state index contributed by atoms with van der Waals surface area (Å²) in [5.74, 6) is 0. The zero-order valence-electron chi connectivity index (χ0n) is 14.9. The van der Waals surface area contributed by atoms with Crippen LogP contribution in [-0.2, 0) is 4.74 Å². The quantitative estimate of drug-likeness (QED) is 0.543. The number of hydrogen-bond acceptors (Lipinski definition) is 2. The maximum atomic E-state index is 5.47. The number of quaternary nitrogens is 1. The highest BCUT2D eigenvalue weighted by molar-refractivity contribution is 7.80. The van der Waals surface area contributed by atoms with Crippen molar-refractivity contribution in [2.75, 3.05) is 39.4 Å². The van der Waals surface area contributed by atoms with Crippen molar-refractivity contribution in [2.24, 2.45) is 0 Å². The van der Waals surface area contributed by atoms with Gasteiger partial charge in [0.15, 0.2) is 5.11 Å². The Hall–Kier alpha value is -1.69. The predicted octanol–water partition coefficient (Wildman–Crippen LogP) is 1.67. The van der Waals surface area contributed by atoms with Crippen LogP contribution in [0.25, 0.3) is 10.8 Å². The zero-order valence-corrected chi connectivity index (χ0v) is 15.7. The number of nitrogens with one attached hydrogen (secondary N) is 3. The van der Waals surface area contributed by atoms with Crippen molar-refractivity contribution >= 4 is 28.1 Å². The summed E-state index contributed by atoms with van der Waals surface area (Å²) in [6, 6.07) is 15.1. The summed E-state index contributed by atoms with van der Waals surface area (Å²) in [5.41, 5.74) is 1.28. The Bertz CT molecular complexity index is 695. The first-order chi connectivity index (χ1) is 12.2. The monoisotopic (exact) mass is 358 g/mol. The number of thiocarbonyl (C=S) groups is 1. The van der Waals surface area contributed by atoms with E-state index in [0.717, 1.165) is 44.4 Å². The molecule has 0 aliphatic carbocycles. The molecule has 4 nitrogen and oxygen atoms in total. The van der Waals surface area contributed by atoms with Gasteiger partial charge >= 0.3 is 0 Å². The van der Waals surface area contributed by atoms with Crippen LogP contribution in [-0.4, -0.2) is 44.5 Å². The molecule has 1 aliphatic heterocycles. The number of rotatable bonds is 6. The molecule has 0 saturated carbocycles. The molecule has 1 heterocycles. The van der Waals surface area contributed by atoms with Crippen molar-refractivity contribution < 1.29 is 9.64 Å². The van der Waals surface area contributed by atoms with Crippen LogP contribution in [0.3, 0.4) is 0 Å². The average Bonchev–Trinajstić information content (AvgIpc) is 2.65. The molecule has 1 saturated heterocycles. The van der Waals surface area contributed by atoms with Crippen LogP contribution >= 0.6 is 12.2 Å². The van der Waals surface area contributed by atoms with Crippen LogP contribution in [0.5, 0.6) is 0 Å². The fourth-order valence-electron chi connectivity index (χ4n) is 3.40. The lowest BCUT2D eigenvalue weighted by Gasteiger charge is -2.24. The number of morpholine rings is 1. The highest BCUT2D eigenvalue weighted by atomic mass is 32.1. The van der Waals surface area contributed by atoms with Crippen molar-refractivity contribution in [3.05, 3.63) is 48.0 Å². The third kappa shape index (κ3) is 5.14. The van der Waals surface area contributed by atoms with E-state index in [1.807, 2.05) is 0 Å². The lowest BCUT2D eigenvalue weighted by atomic mass is 10.00. The minimum atomic E-state index is 0.177. The summed E-state index contributed by atoms with van der Waals surface area (Å²) < 4.78 is 5.39. The van der Waals surface area contributed by atoms with E-state index in [2.05, 4.69) is 60.0 Å². The summed E-state index contributed by atoms with van der Waals surface area (Å²) in [4.78, 5) is 1.64. The Balaban J connectivity index is 1.45. The maximum absolute atomic E-state index is 5.47. The van der Waals surface area contributed by atoms with Crippen molar-refractivity contribution in [3.8, 4) is 0 Å². The number of ether oxygens (including phenoxy) is 1. The van der Waals surface area contributed by atoms with Crippen LogP contribution in [0.2, 0.25) is 0 Å². The van der Waals surface area contributed by atoms with E-state index in [1.54, 1.807) is 4.90 Å². The largest absolute Gasteiger partial charge is 0.370 e. The van der Waals surface area contributed by atoms with Gasteiger partial charge in [-0.05, 0) is 35.5 Å². The highest BCUT2D eigenvalue weighted by Gasteiger charge is 2.13. The molecule has 2 aromatic carbocycles. The van der Waals surface area contributed by atoms with Gasteiger partial charge in [-0.15, -0.1) is 0 Å². The van der Waals surface area contributed by atoms with Gasteiger partial charge in [0, 0.05) is 13.0 Å². The molecular formula is C20H28N3OS+. The second kappa shape index (κ2) is 9.13. The fraction of sp³-hybridized carbons (Fsp3) is 0.450. The van der Waals surface area contributed by atoms with Crippen molar-refractivity contribution in [2.45, 2.75) is 19.4 Å². The van der Waals surface area contributed by atoms with Crippen molar-refractivity contribution in [3.63, 3.8) is 0 Å². The van der Waals surface area contributed by atoms with Gasteiger partial charge in [0.1, 0.15) is 13.1 Å². The highest BCUT2D eigenvalue weighted by Crippen LogP contribution is 2.23. The topological polar surface area (TPSA) is 37.7 Å². The molecule has 3 N–H and O–H groups in total. The van der Waals surface area contributed by atoms with Crippen LogP contribution in [0.4, 0.5) is 0 Å². The van der Waals surface area contributed by atoms with Gasteiger partial charge in [-0.2, -0.15) is 0 Å². The Morgan fingerprint density at radius 1 is 1.16 bits per heavy atom. The number of benzene rings is 2. The lowest BCUT2D eigenvalue weighted by Crippen LogP contribution is -3.14. The van der Waals surface area contributed by atoms with E-state index in [4.69, 9.17) is 17.0 Å². The molecule has 0 bridgehead atoms. The molecular weight excluding hydrogens is 330 g/mol. The molecule has 0 amide bonds. The van der Waals surface area contributed by atoms with E-state index in [9.17, 15) is 0 Å². The fourth-order valence-corrected chi connectivity index (χ4v) is 3.68. The molecule has 1 atom stereocenters. The van der Waals surface area contributed by atoms with Gasteiger partial charge in [0.05, 0.1) is 25.8 Å². The maximum Gasteiger partial charge on any atom is 0.166 e. The summed E-state index contributed by atoms with van der Waals surface area (Å²) in [6.45, 7) is 8.29. The second-order valence-corrected chi connectivity index (χ2v) is 7.06. The smallest absolute Gasteiger partial charge is 0.166 e. The van der Waals surface area contributed by atoms with Gasteiger partial charge in [0.2, 0.25) is 0 Å².